The van der Waals surface area contributed by atoms with Crippen molar-refractivity contribution in [2.24, 2.45) is 0 Å². The van der Waals surface area contributed by atoms with Gasteiger partial charge in [0.25, 0.3) is 5.91 Å². The first-order chi connectivity index (χ1) is 10.1. The lowest BCUT2D eigenvalue weighted by molar-refractivity contribution is 0.0647. The maximum Gasteiger partial charge on any atom is 0.256 e. The van der Waals surface area contributed by atoms with E-state index in [0.717, 1.165) is 29.4 Å². The number of amides is 1. The number of hydrogen-bond donors (Lipinski definition) is 0. The van der Waals surface area contributed by atoms with Crippen molar-refractivity contribution in [1.29, 1.82) is 0 Å². The standard InChI is InChI=1S/C17H18N2OS/c1-12-6-7-15(13(2)11-12)21-16-14(5-3-8-18-16)17(20)19-9-4-10-19/h3,5-8,11H,4,9-10H2,1-2H3. The average Bonchev–Trinajstić information content (AvgIpc) is 2.40. The Kier molecular flexibility index (Phi) is 3.97. The molecule has 1 fully saturated rings. The third-order valence-electron chi connectivity index (χ3n) is 3.68. The molecule has 2 aromatic rings. The number of aromatic nitrogens is 1. The summed E-state index contributed by atoms with van der Waals surface area (Å²) in [5.74, 6) is 0.0987. The van der Waals surface area contributed by atoms with Crippen LogP contribution >= 0.6 is 11.8 Å². The Labute approximate surface area is 129 Å². The molecule has 1 aromatic heterocycles. The van der Waals surface area contributed by atoms with Crippen LogP contribution in [0.15, 0.2) is 46.5 Å². The lowest BCUT2D eigenvalue weighted by Crippen LogP contribution is -2.42. The minimum absolute atomic E-state index is 0.0987. The molecule has 3 nitrogen and oxygen atoms in total. The minimum Gasteiger partial charge on any atom is -0.338 e. The first kappa shape index (κ1) is 14.1. The number of aryl methyl sites for hydroxylation is 2. The molecular formula is C17H18N2OS. The van der Waals surface area contributed by atoms with Crippen LogP contribution < -0.4 is 0 Å². The Morgan fingerprint density at radius 2 is 2.05 bits per heavy atom. The van der Waals surface area contributed by atoms with Crippen LogP contribution in [0.1, 0.15) is 27.9 Å². The molecule has 0 radical (unpaired) electrons. The molecule has 108 valence electrons. The van der Waals surface area contributed by atoms with E-state index in [1.165, 1.54) is 11.1 Å². The molecule has 0 aliphatic carbocycles. The Hall–Kier alpha value is -1.81. The van der Waals surface area contributed by atoms with Gasteiger partial charge in [-0.3, -0.25) is 4.79 Å². The Morgan fingerprint density at radius 1 is 1.24 bits per heavy atom. The van der Waals surface area contributed by atoms with E-state index in [9.17, 15) is 4.79 Å². The van der Waals surface area contributed by atoms with Crippen molar-refractivity contribution in [3.63, 3.8) is 0 Å². The van der Waals surface area contributed by atoms with Crippen molar-refractivity contribution in [3.8, 4) is 0 Å². The van der Waals surface area contributed by atoms with Crippen molar-refractivity contribution >= 4 is 17.7 Å². The van der Waals surface area contributed by atoms with Gasteiger partial charge in [-0.15, -0.1) is 0 Å². The van der Waals surface area contributed by atoms with Crippen molar-refractivity contribution in [3.05, 3.63) is 53.2 Å². The molecule has 0 unspecified atom stereocenters. The van der Waals surface area contributed by atoms with Crippen LogP contribution in [0, 0.1) is 13.8 Å². The number of carbonyl (C=O) groups is 1. The summed E-state index contributed by atoms with van der Waals surface area (Å²) in [6.45, 7) is 5.90. The second-order valence-electron chi connectivity index (χ2n) is 5.37. The Balaban J connectivity index is 1.90. The fraction of sp³-hybridized carbons (Fsp3) is 0.294. The quantitative estimate of drug-likeness (QED) is 0.866. The molecule has 0 N–H and O–H groups in total. The minimum atomic E-state index is 0.0987. The van der Waals surface area contributed by atoms with Crippen LogP contribution in [-0.4, -0.2) is 28.9 Å². The molecule has 1 aliphatic rings. The zero-order chi connectivity index (χ0) is 14.8. The molecule has 1 saturated heterocycles. The van der Waals surface area contributed by atoms with E-state index in [2.05, 4.69) is 37.0 Å². The largest absolute Gasteiger partial charge is 0.338 e. The van der Waals surface area contributed by atoms with Crippen LogP contribution in [0.5, 0.6) is 0 Å². The van der Waals surface area contributed by atoms with Gasteiger partial charge < -0.3 is 4.90 Å². The summed E-state index contributed by atoms with van der Waals surface area (Å²) in [7, 11) is 0. The highest BCUT2D eigenvalue weighted by Crippen LogP contribution is 2.32. The number of nitrogens with zero attached hydrogens (tertiary/aromatic N) is 2. The van der Waals surface area contributed by atoms with Gasteiger partial charge in [0.15, 0.2) is 0 Å². The van der Waals surface area contributed by atoms with Crippen molar-refractivity contribution in [1.82, 2.24) is 9.88 Å². The first-order valence-electron chi connectivity index (χ1n) is 7.14. The van der Waals surface area contributed by atoms with Crippen molar-refractivity contribution in [2.75, 3.05) is 13.1 Å². The van der Waals surface area contributed by atoms with Crippen LogP contribution in [0.2, 0.25) is 0 Å². The van der Waals surface area contributed by atoms with Crippen LogP contribution in [0.25, 0.3) is 0 Å². The summed E-state index contributed by atoms with van der Waals surface area (Å²) in [6.07, 6.45) is 2.85. The third-order valence-corrected chi connectivity index (χ3v) is 4.88. The highest BCUT2D eigenvalue weighted by Gasteiger charge is 2.24. The SMILES string of the molecule is Cc1ccc(Sc2ncccc2C(=O)N2CCC2)c(C)c1. The highest BCUT2D eigenvalue weighted by atomic mass is 32.2. The highest BCUT2D eigenvalue weighted by molar-refractivity contribution is 7.99. The predicted octanol–water partition coefficient (Wildman–Crippen LogP) is 3.70. The molecule has 0 spiro atoms. The van der Waals surface area contributed by atoms with E-state index in [-0.39, 0.29) is 5.91 Å². The molecule has 21 heavy (non-hydrogen) atoms. The normalized spacial score (nSPS) is 13.9. The first-order valence-corrected chi connectivity index (χ1v) is 7.96. The second kappa shape index (κ2) is 5.90. The van der Waals surface area contributed by atoms with Crippen LogP contribution in [0.3, 0.4) is 0 Å². The smallest absolute Gasteiger partial charge is 0.256 e. The van der Waals surface area contributed by atoms with Gasteiger partial charge in [-0.05, 0) is 44.0 Å². The monoisotopic (exact) mass is 298 g/mol. The van der Waals surface area contributed by atoms with E-state index in [4.69, 9.17) is 0 Å². The number of pyridine rings is 1. The van der Waals surface area contributed by atoms with Gasteiger partial charge >= 0.3 is 0 Å². The maximum absolute atomic E-state index is 12.4. The molecular weight excluding hydrogens is 280 g/mol. The van der Waals surface area contributed by atoms with Gasteiger partial charge in [0.2, 0.25) is 0 Å². The van der Waals surface area contributed by atoms with Crippen LogP contribution in [0.4, 0.5) is 0 Å². The third kappa shape index (κ3) is 2.95. The molecule has 1 amide bonds. The van der Waals surface area contributed by atoms with Crippen LogP contribution in [-0.2, 0) is 0 Å². The molecule has 0 atom stereocenters. The van der Waals surface area contributed by atoms with E-state index in [1.54, 1.807) is 18.0 Å². The van der Waals surface area contributed by atoms with Gasteiger partial charge in [-0.25, -0.2) is 4.98 Å². The summed E-state index contributed by atoms with van der Waals surface area (Å²) in [6, 6.07) is 10.1. The average molecular weight is 298 g/mol. The van der Waals surface area contributed by atoms with Gasteiger partial charge in [-0.1, -0.05) is 29.5 Å². The van der Waals surface area contributed by atoms with E-state index < -0.39 is 0 Å². The number of hydrogen-bond acceptors (Lipinski definition) is 3. The molecule has 2 heterocycles. The molecule has 1 aromatic carbocycles. The fourth-order valence-corrected chi connectivity index (χ4v) is 3.29. The molecule has 4 heteroatoms. The number of rotatable bonds is 3. The number of likely N-dealkylation sites (tertiary alicyclic amines) is 1. The fourth-order valence-electron chi connectivity index (χ4n) is 2.34. The summed E-state index contributed by atoms with van der Waals surface area (Å²) in [5.41, 5.74) is 3.17. The molecule has 1 aliphatic heterocycles. The summed E-state index contributed by atoms with van der Waals surface area (Å²) >= 11 is 1.57. The molecule has 3 rings (SSSR count). The van der Waals surface area contributed by atoms with Crippen molar-refractivity contribution < 1.29 is 4.79 Å². The summed E-state index contributed by atoms with van der Waals surface area (Å²) in [4.78, 5) is 19.9. The topological polar surface area (TPSA) is 33.2 Å². The van der Waals surface area contributed by atoms with Crippen molar-refractivity contribution in [2.45, 2.75) is 30.2 Å². The molecule has 0 saturated carbocycles. The van der Waals surface area contributed by atoms with E-state index in [1.807, 2.05) is 17.0 Å². The van der Waals surface area contributed by atoms with Gasteiger partial charge in [0, 0.05) is 24.2 Å². The second-order valence-corrected chi connectivity index (χ2v) is 6.40. The summed E-state index contributed by atoms with van der Waals surface area (Å²) < 4.78 is 0. The molecule has 0 bridgehead atoms. The lowest BCUT2D eigenvalue weighted by Gasteiger charge is -2.31. The lowest BCUT2D eigenvalue weighted by atomic mass is 10.1. The Morgan fingerprint density at radius 3 is 2.71 bits per heavy atom. The van der Waals surface area contributed by atoms with E-state index in [0.29, 0.717) is 5.56 Å². The zero-order valence-corrected chi connectivity index (χ0v) is 13.1. The maximum atomic E-state index is 12.4. The van der Waals surface area contributed by atoms with Gasteiger partial charge in [0.05, 0.1) is 5.56 Å². The summed E-state index contributed by atoms with van der Waals surface area (Å²) in [5, 5.41) is 0.793. The number of benzene rings is 1. The Bertz CT molecular complexity index is 680. The van der Waals surface area contributed by atoms with E-state index >= 15 is 0 Å². The van der Waals surface area contributed by atoms with Gasteiger partial charge in [0.1, 0.15) is 5.03 Å². The number of carbonyl (C=O) groups excluding carboxylic acids is 1. The zero-order valence-electron chi connectivity index (χ0n) is 12.3. The van der Waals surface area contributed by atoms with Gasteiger partial charge in [-0.2, -0.15) is 0 Å². The predicted molar refractivity (Wildman–Crippen MR) is 84.8 cm³/mol.